The van der Waals surface area contributed by atoms with Gasteiger partial charge in [-0.3, -0.25) is 9.10 Å². The number of unbranched alkanes of at least 4 members (excludes halogenated alkanes) is 3. The summed E-state index contributed by atoms with van der Waals surface area (Å²) in [5.41, 5.74) is 1.31. The van der Waals surface area contributed by atoms with Gasteiger partial charge in [0.1, 0.15) is 0 Å². The van der Waals surface area contributed by atoms with Crippen LogP contribution in [0, 0.1) is 0 Å². The largest absolute Gasteiger partial charge is 0.481 e. The van der Waals surface area contributed by atoms with Crippen LogP contribution in [0.25, 0.3) is 0 Å². The van der Waals surface area contributed by atoms with Crippen LogP contribution < -0.4 is 9.62 Å². The van der Waals surface area contributed by atoms with Crippen LogP contribution in [0.3, 0.4) is 0 Å². The number of carboxylic acid groups (broad SMARTS) is 1. The third kappa shape index (κ3) is 4.74. The number of rotatable bonds is 8. The highest BCUT2D eigenvalue weighted by molar-refractivity contribution is 7.92. The van der Waals surface area contributed by atoms with Gasteiger partial charge < -0.3 is 10.4 Å². The number of anilines is 1. The van der Waals surface area contributed by atoms with Gasteiger partial charge in [-0.05, 0) is 48.7 Å². The third-order valence-electron chi connectivity index (χ3n) is 4.98. The lowest BCUT2D eigenvalue weighted by molar-refractivity contribution is -0.137. The molecule has 0 aliphatic carbocycles. The topological polar surface area (TPSA) is 86.7 Å². The van der Waals surface area contributed by atoms with Gasteiger partial charge in [-0.25, -0.2) is 8.42 Å². The molecule has 8 heteroatoms. The molecule has 1 atom stereocenters. The van der Waals surface area contributed by atoms with E-state index in [-0.39, 0.29) is 16.3 Å². The summed E-state index contributed by atoms with van der Waals surface area (Å²) in [6.07, 6.45) is 3.13. The lowest BCUT2D eigenvalue weighted by Gasteiger charge is -2.22. The molecule has 6 nitrogen and oxygen atoms in total. The Hall–Kier alpha value is -2.09. The number of carbonyl (C=O) groups is 1. The van der Waals surface area contributed by atoms with Gasteiger partial charge in [0.25, 0.3) is 10.0 Å². The van der Waals surface area contributed by atoms with Gasteiger partial charge in [-0.1, -0.05) is 48.7 Å². The Kier molecular flexibility index (Phi) is 6.37. The summed E-state index contributed by atoms with van der Waals surface area (Å²) in [6, 6.07) is 10.1. The highest BCUT2D eigenvalue weighted by Gasteiger charge is 2.34. The molecular weight excluding hydrogens is 412 g/mol. The smallest absolute Gasteiger partial charge is 0.303 e. The van der Waals surface area contributed by atoms with Crippen molar-refractivity contribution in [2.75, 3.05) is 17.9 Å². The Morgan fingerprint density at radius 1 is 1.17 bits per heavy atom. The minimum atomic E-state index is -3.88. The molecule has 0 radical (unpaired) electrons. The maximum Gasteiger partial charge on any atom is 0.303 e. The number of nitrogens with one attached hydrogen (secondary N) is 1. The number of para-hydroxylation sites is 1. The maximum absolute atomic E-state index is 13.2. The molecule has 29 heavy (non-hydrogen) atoms. The van der Waals surface area contributed by atoms with Crippen molar-refractivity contribution in [2.24, 2.45) is 0 Å². The van der Waals surface area contributed by atoms with Crippen LogP contribution in [0.15, 0.2) is 47.4 Å². The zero-order valence-electron chi connectivity index (χ0n) is 17.2. The first-order valence-electron chi connectivity index (χ1n) is 10.0. The van der Waals surface area contributed by atoms with E-state index in [1.165, 1.54) is 17.4 Å². The van der Waals surface area contributed by atoms with Crippen LogP contribution in [0.1, 0.15) is 50.6 Å². The van der Waals surface area contributed by atoms with Gasteiger partial charge in [0, 0.05) is 18.5 Å². The van der Waals surface area contributed by atoms with Gasteiger partial charge in [0.15, 0.2) is 0 Å². The monoisotopic (exact) mass is 437 g/mol. The number of sulfonamides is 1. The number of nitrogens with zero attached hydrogens (tertiary/aromatic N) is 1. The van der Waals surface area contributed by atoms with Crippen LogP contribution in [0.2, 0.25) is 5.02 Å². The fourth-order valence-corrected chi connectivity index (χ4v) is 5.13. The summed E-state index contributed by atoms with van der Waals surface area (Å²) < 4.78 is 37.0. The molecular formula is C21H25ClN2O4S. The molecule has 2 aromatic rings. The van der Waals surface area contributed by atoms with Crippen molar-refractivity contribution in [3.8, 4) is 0 Å². The summed E-state index contributed by atoms with van der Waals surface area (Å²) >= 11 is 6.10. The first-order chi connectivity index (χ1) is 14.2. The van der Waals surface area contributed by atoms with Crippen molar-refractivity contribution in [2.45, 2.75) is 43.0 Å². The number of fused-ring (bicyclic) bond motifs is 2. The number of aliphatic carboxylic acids is 1. The van der Waals surface area contributed by atoms with Gasteiger partial charge in [-0.15, -0.1) is 0 Å². The molecule has 1 aliphatic heterocycles. The minimum Gasteiger partial charge on any atom is -0.481 e. The predicted octanol–water partition coefficient (Wildman–Crippen LogP) is 4.19. The average Bonchev–Trinajstić information content (AvgIpc) is 2.76. The first kappa shape index (κ1) is 20.2. The SMILES string of the molecule is [2H]C1(NCCCCCCC(=O)O)c2ccccc2N(C)S(=O)(=O)c2cc(Cl)ccc21. The lowest BCUT2D eigenvalue weighted by atomic mass is 9.96. The van der Waals surface area contributed by atoms with Crippen LogP contribution in [-0.2, 0) is 14.8 Å². The van der Waals surface area contributed by atoms with E-state index in [4.69, 9.17) is 16.7 Å². The van der Waals surface area contributed by atoms with E-state index in [1.807, 2.05) is 0 Å². The van der Waals surface area contributed by atoms with Crippen molar-refractivity contribution in [3.05, 3.63) is 58.6 Å². The molecule has 0 spiro atoms. The standard InChI is InChI=1S/C21H25ClN2O4S/c1-24-18-9-6-5-8-16(18)21(23-13-7-3-2-4-10-20(25)26)17-12-11-15(22)14-19(17)29(24,27)28/h5-6,8-9,11-12,14,21,23H,2-4,7,10,13H2,1H3,(H,25,26)/i21D. The molecule has 2 N–H and O–H groups in total. The molecule has 2 aromatic carbocycles. The van der Waals surface area contributed by atoms with E-state index in [1.54, 1.807) is 36.4 Å². The van der Waals surface area contributed by atoms with E-state index >= 15 is 0 Å². The van der Waals surface area contributed by atoms with Crippen molar-refractivity contribution < 1.29 is 19.7 Å². The molecule has 0 saturated carbocycles. The molecule has 0 bridgehead atoms. The normalized spacial score (nSPS) is 20.3. The van der Waals surface area contributed by atoms with Crippen LogP contribution in [-0.4, -0.2) is 33.1 Å². The zero-order chi connectivity index (χ0) is 21.9. The molecule has 0 aromatic heterocycles. The summed E-state index contributed by atoms with van der Waals surface area (Å²) in [6.45, 7) is 0.483. The average molecular weight is 438 g/mol. The zero-order valence-corrected chi connectivity index (χ0v) is 17.8. The predicted molar refractivity (Wildman–Crippen MR) is 114 cm³/mol. The summed E-state index contributed by atoms with van der Waals surface area (Å²) in [5, 5.41) is 12.2. The number of halogens is 1. The van der Waals surface area contributed by atoms with Crippen molar-refractivity contribution >= 4 is 33.3 Å². The molecule has 0 amide bonds. The van der Waals surface area contributed by atoms with Crippen LogP contribution in [0.5, 0.6) is 0 Å². The van der Waals surface area contributed by atoms with E-state index < -0.39 is 22.0 Å². The minimum absolute atomic E-state index is 0.0117. The highest BCUT2D eigenvalue weighted by Crippen LogP contribution is 2.40. The van der Waals surface area contributed by atoms with E-state index in [9.17, 15) is 14.6 Å². The van der Waals surface area contributed by atoms with Gasteiger partial charge in [-0.2, -0.15) is 0 Å². The Labute approximate surface area is 178 Å². The molecule has 1 aliphatic rings. The Morgan fingerprint density at radius 2 is 1.90 bits per heavy atom. The maximum atomic E-state index is 13.2. The Balaban J connectivity index is 1.93. The van der Waals surface area contributed by atoms with Gasteiger partial charge in [0.2, 0.25) is 0 Å². The van der Waals surface area contributed by atoms with Crippen molar-refractivity contribution in [3.63, 3.8) is 0 Å². The quantitative estimate of drug-likeness (QED) is 0.604. The van der Waals surface area contributed by atoms with E-state index in [0.29, 0.717) is 29.8 Å². The molecule has 1 heterocycles. The van der Waals surface area contributed by atoms with Crippen LogP contribution >= 0.6 is 11.6 Å². The number of benzene rings is 2. The van der Waals surface area contributed by atoms with E-state index in [2.05, 4.69) is 5.32 Å². The second kappa shape index (κ2) is 9.15. The molecule has 3 rings (SSSR count). The second-order valence-electron chi connectivity index (χ2n) is 6.99. The van der Waals surface area contributed by atoms with Crippen molar-refractivity contribution in [1.82, 2.24) is 5.32 Å². The fraction of sp³-hybridized carbons (Fsp3) is 0.381. The fourth-order valence-electron chi connectivity index (χ4n) is 3.46. The highest BCUT2D eigenvalue weighted by atomic mass is 35.5. The number of hydrogen-bond donors (Lipinski definition) is 2. The van der Waals surface area contributed by atoms with E-state index in [0.717, 1.165) is 19.3 Å². The van der Waals surface area contributed by atoms with Crippen LogP contribution in [0.4, 0.5) is 5.69 Å². The lowest BCUT2D eigenvalue weighted by Crippen LogP contribution is -2.26. The number of hydrogen-bond acceptors (Lipinski definition) is 4. The third-order valence-corrected chi connectivity index (χ3v) is 7.03. The molecule has 0 fully saturated rings. The molecule has 0 saturated heterocycles. The first-order valence-corrected chi connectivity index (χ1v) is 11.3. The van der Waals surface area contributed by atoms with Crippen molar-refractivity contribution in [1.29, 1.82) is 0 Å². The Morgan fingerprint density at radius 3 is 2.66 bits per heavy atom. The number of carboxylic acids is 1. The Bertz CT molecular complexity index is 1050. The summed E-state index contributed by atoms with van der Waals surface area (Å²) in [5.74, 6) is -0.797. The van der Waals surface area contributed by atoms with Gasteiger partial charge >= 0.3 is 5.97 Å². The molecule has 1 unspecified atom stereocenters. The molecule has 156 valence electrons. The second-order valence-corrected chi connectivity index (χ2v) is 9.36. The summed E-state index contributed by atoms with van der Waals surface area (Å²) in [4.78, 5) is 10.6. The van der Waals surface area contributed by atoms with Gasteiger partial charge in [0.05, 0.1) is 18.0 Å². The summed E-state index contributed by atoms with van der Waals surface area (Å²) in [7, 11) is -2.40.